The highest BCUT2D eigenvalue weighted by molar-refractivity contribution is 5.89. The molecule has 2 atom stereocenters. The van der Waals surface area contributed by atoms with E-state index in [1.54, 1.807) is 0 Å². The molecule has 0 radical (unpaired) electrons. The Bertz CT molecular complexity index is 631. The van der Waals surface area contributed by atoms with Crippen LogP contribution in [0.2, 0.25) is 0 Å². The third kappa shape index (κ3) is 5.15. The van der Waals surface area contributed by atoms with Crippen LogP contribution in [-0.2, 0) is 6.18 Å². The SMILES string of the molecule is CC(C)CN1[C@H]2CCC[C@H]1CC(NC(=O)Nc1ccc(C(F)(F)F)cc1)C2. The number of anilines is 1. The van der Waals surface area contributed by atoms with Crippen molar-refractivity contribution < 1.29 is 18.0 Å². The summed E-state index contributed by atoms with van der Waals surface area (Å²) < 4.78 is 37.8. The van der Waals surface area contributed by atoms with E-state index in [1.165, 1.54) is 31.4 Å². The summed E-state index contributed by atoms with van der Waals surface area (Å²) in [5.41, 5.74) is -0.364. The number of urea groups is 1. The van der Waals surface area contributed by atoms with E-state index in [9.17, 15) is 18.0 Å². The van der Waals surface area contributed by atoms with Crippen molar-refractivity contribution in [3.05, 3.63) is 29.8 Å². The smallest absolute Gasteiger partial charge is 0.335 e. The molecule has 150 valence electrons. The molecule has 3 rings (SSSR count). The van der Waals surface area contributed by atoms with Crippen LogP contribution in [-0.4, -0.2) is 35.6 Å². The monoisotopic (exact) mass is 383 g/mol. The number of halogens is 3. The molecule has 0 saturated carbocycles. The molecule has 2 saturated heterocycles. The largest absolute Gasteiger partial charge is 0.416 e. The van der Waals surface area contributed by atoms with Crippen LogP contribution in [0.25, 0.3) is 0 Å². The third-order valence-corrected chi connectivity index (χ3v) is 5.51. The first-order valence-electron chi connectivity index (χ1n) is 9.73. The molecule has 27 heavy (non-hydrogen) atoms. The molecule has 0 unspecified atom stereocenters. The van der Waals surface area contributed by atoms with Crippen molar-refractivity contribution in [3.8, 4) is 0 Å². The maximum Gasteiger partial charge on any atom is 0.416 e. The molecule has 1 aromatic carbocycles. The van der Waals surface area contributed by atoms with Crippen LogP contribution in [0.5, 0.6) is 0 Å². The zero-order chi connectivity index (χ0) is 19.6. The van der Waals surface area contributed by atoms with Crippen molar-refractivity contribution in [2.45, 2.75) is 70.3 Å². The number of amides is 2. The van der Waals surface area contributed by atoms with E-state index in [2.05, 4.69) is 29.4 Å². The van der Waals surface area contributed by atoms with Crippen molar-refractivity contribution in [3.63, 3.8) is 0 Å². The number of rotatable bonds is 4. The normalized spacial score (nSPS) is 26.1. The fourth-order valence-electron chi connectivity index (χ4n) is 4.41. The number of piperidine rings is 2. The lowest BCUT2D eigenvalue weighted by atomic mass is 9.81. The van der Waals surface area contributed by atoms with Crippen LogP contribution in [0.3, 0.4) is 0 Å². The van der Waals surface area contributed by atoms with Gasteiger partial charge in [0.25, 0.3) is 0 Å². The first-order valence-corrected chi connectivity index (χ1v) is 9.73. The molecule has 0 aliphatic carbocycles. The molecule has 2 N–H and O–H groups in total. The van der Waals surface area contributed by atoms with Crippen LogP contribution in [0.15, 0.2) is 24.3 Å². The average Bonchev–Trinajstić information content (AvgIpc) is 2.54. The Balaban J connectivity index is 1.54. The summed E-state index contributed by atoms with van der Waals surface area (Å²) in [6.45, 7) is 5.56. The quantitative estimate of drug-likeness (QED) is 0.779. The van der Waals surface area contributed by atoms with E-state index >= 15 is 0 Å². The van der Waals surface area contributed by atoms with E-state index in [-0.39, 0.29) is 12.1 Å². The molecule has 2 aliphatic heterocycles. The van der Waals surface area contributed by atoms with E-state index in [0.717, 1.165) is 31.5 Å². The van der Waals surface area contributed by atoms with Gasteiger partial charge in [0.05, 0.1) is 5.56 Å². The third-order valence-electron chi connectivity index (χ3n) is 5.51. The van der Waals surface area contributed by atoms with Gasteiger partial charge >= 0.3 is 12.2 Å². The standard InChI is InChI=1S/C20H28F3N3O/c1-13(2)12-26-17-4-3-5-18(26)11-16(10-17)25-19(27)24-15-8-6-14(7-9-15)20(21,22)23/h6-9,13,16-18H,3-5,10-12H2,1-2H3,(H2,24,25,27)/t17-,18-/m0/s1. The predicted molar refractivity (Wildman–Crippen MR) is 99.6 cm³/mol. The minimum atomic E-state index is -4.37. The molecule has 0 aromatic heterocycles. The molecule has 1 aromatic rings. The molecule has 2 aliphatic rings. The molecule has 2 bridgehead atoms. The van der Waals surface area contributed by atoms with Crippen molar-refractivity contribution in [1.29, 1.82) is 0 Å². The van der Waals surface area contributed by atoms with Gasteiger partial charge in [-0.3, -0.25) is 4.90 Å². The molecule has 0 spiro atoms. The van der Waals surface area contributed by atoms with E-state index in [4.69, 9.17) is 0 Å². The van der Waals surface area contributed by atoms with Crippen molar-refractivity contribution in [2.75, 3.05) is 11.9 Å². The molecular formula is C20H28F3N3O. The summed E-state index contributed by atoms with van der Waals surface area (Å²) in [5, 5.41) is 5.66. The number of hydrogen-bond donors (Lipinski definition) is 2. The van der Waals surface area contributed by atoms with E-state index < -0.39 is 11.7 Å². The van der Waals surface area contributed by atoms with Crippen molar-refractivity contribution in [1.82, 2.24) is 10.2 Å². The van der Waals surface area contributed by atoms with Gasteiger partial charge in [-0.05, 0) is 55.9 Å². The molecule has 2 heterocycles. The average molecular weight is 383 g/mol. The second-order valence-corrected chi connectivity index (χ2v) is 8.17. The van der Waals surface area contributed by atoms with Crippen LogP contribution < -0.4 is 10.6 Å². The maximum atomic E-state index is 12.6. The summed E-state index contributed by atoms with van der Waals surface area (Å²) in [6, 6.07) is 5.29. The molecule has 2 fully saturated rings. The number of carbonyl (C=O) groups excluding carboxylic acids is 1. The van der Waals surface area contributed by atoms with Gasteiger partial charge in [-0.2, -0.15) is 13.2 Å². The van der Waals surface area contributed by atoms with Crippen molar-refractivity contribution in [2.24, 2.45) is 5.92 Å². The van der Waals surface area contributed by atoms with Gasteiger partial charge in [0.15, 0.2) is 0 Å². The minimum Gasteiger partial charge on any atom is -0.335 e. The number of nitrogens with one attached hydrogen (secondary N) is 2. The first kappa shape index (κ1) is 20.0. The molecule has 7 heteroatoms. The Kier molecular flexibility index (Phi) is 5.99. The van der Waals surface area contributed by atoms with Gasteiger partial charge in [0.1, 0.15) is 0 Å². The Hall–Kier alpha value is -1.76. The Morgan fingerprint density at radius 3 is 2.26 bits per heavy atom. The van der Waals surface area contributed by atoms with Gasteiger partial charge in [0.2, 0.25) is 0 Å². The van der Waals surface area contributed by atoms with Gasteiger partial charge in [-0.1, -0.05) is 20.3 Å². The van der Waals surface area contributed by atoms with Crippen LogP contribution >= 0.6 is 0 Å². The highest BCUT2D eigenvalue weighted by atomic mass is 19.4. The zero-order valence-electron chi connectivity index (χ0n) is 15.9. The maximum absolute atomic E-state index is 12.6. The van der Waals surface area contributed by atoms with E-state index in [0.29, 0.717) is 23.7 Å². The summed E-state index contributed by atoms with van der Waals surface area (Å²) in [7, 11) is 0. The fourth-order valence-corrected chi connectivity index (χ4v) is 4.41. The topological polar surface area (TPSA) is 44.4 Å². The zero-order valence-corrected chi connectivity index (χ0v) is 15.9. The Labute approximate surface area is 158 Å². The summed E-state index contributed by atoms with van der Waals surface area (Å²) >= 11 is 0. The Morgan fingerprint density at radius 1 is 1.15 bits per heavy atom. The number of fused-ring (bicyclic) bond motifs is 2. The minimum absolute atomic E-state index is 0.109. The second-order valence-electron chi connectivity index (χ2n) is 8.17. The summed E-state index contributed by atoms with van der Waals surface area (Å²) in [5.74, 6) is 0.626. The van der Waals surface area contributed by atoms with Gasteiger partial charge in [-0.15, -0.1) is 0 Å². The summed E-state index contributed by atoms with van der Waals surface area (Å²) in [6.07, 6.45) is 1.08. The van der Waals surface area contributed by atoms with Gasteiger partial charge in [0, 0.05) is 30.4 Å². The van der Waals surface area contributed by atoms with Crippen LogP contribution in [0.1, 0.15) is 51.5 Å². The second kappa shape index (κ2) is 8.09. The number of nitrogens with zero attached hydrogens (tertiary/aromatic N) is 1. The number of benzene rings is 1. The number of hydrogen-bond acceptors (Lipinski definition) is 2. The van der Waals surface area contributed by atoms with Gasteiger partial charge < -0.3 is 10.6 Å². The molecule has 2 amide bonds. The van der Waals surface area contributed by atoms with Gasteiger partial charge in [-0.25, -0.2) is 4.79 Å². The van der Waals surface area contributed by atoms with E-state index in [1.807, 2.05) is 0 Å². The van der Waals surface area contributed by atoms with Crippen molar-refractivity contribution >= 4 is 11.7 Å². The number of carbonyl (C=O) groups is 1. The lowest BCUT2D eigenvalue weighted by Gasteiger charge is -2.49. The fraction of sp³-hybridized carbons (Fsp3) is 0.650. The highest BCUT2D eigenvalue weighted by Gasteiger charge is 2.38. The van der Waals surface area contributed by atoms with Crippen LogP contribution in [0.4, 0.5) is 23.7 Å². The first-order chi connectivity index (χ1) is 12.7. The highest BCUT2D eigenvalue weighted by Crippen LogP contribution is 2.34. The number of alkyl halides is 3. The lowest BCUT2D eigenvalue weighted by molar-refractivity contribution is -0.137. The summed E-state index contributed by atoms with van der Waals surface area (Å²) in [4.78, 5) is 14.9. The Morgan fingerprint density at radius 2 is 1.74 bits per heavy atom. The molecular weight excluding hydrogens is 355 g/mol. The lowest BCUT2D eigenvalue weighted by Crippen LogP contribution is -2.58. The molecule has 4 nitrogen and oxygen atoms in total. The predicted octanol–water partition coefficient (Wildman–Crippen LogP) is 4.87. The van der Waals surface area contributed by atoms with Crippen LogP contribution in [0, 0.1) is 5.92 Å².